The Morgan fingerprint density at radius 2 is 1.75 bits per heavy atom. The van der Waals surface area contributed by atoms with Gasteiger partial charge in [0.15, 0.2) is 5.82 Å². The number of nitrogens with zero attached hydrogens (tertiary/aromatic N) is 6. The van der Waals surface area contributed by atoms with Crippen molar-refractivity contribution in [3.8, 4) is 11.3 Å². The van der Waals surface area contributed by atoms with Gasteiger partial charge in [-0.25, -0.2) is 14.4 Å². The molecule has 0 bridgehead atoms. The number of aliphatic hydroxyl groups is 1. The lowest BCUT2D eigenvalue weighted by molar-refractivity contribution is -0.134. The summed E-state index contributed by atoms with van der Waals surface area (Å²) in [5, 5.41) is 17.5. The molecule has 3 aliphatic heterocycles. The number of hydrogen-bond donors (Lipinski definition) is 3. The maximum Gasteiger partial charge on any atom is 0.238 e. The topological polar surface area (TPSA) is 119 Å². The van der Waals surface area contributed by atoms with Crippen LogP contribution in [0.4, 0.5) is 21.6 Å². The zero-order chi connectivity index (χ0) is 38.2. The molecule has 5 heterocycles. The molecule has 2 saturated heterocycles. The average molecular weight is 749 g/mol. The van der Waals surface area contributed by atoms with Crippen molar-refractivity contribution in [2.24, 2.45) is 0 Å². The molecule has 2 aliphatic carbocycles. The third-order valence-electron chi connectivity index (χ3n) is 13.1. The molecule has 1 atom stereocenters. The molecule has 1 unspecified atom stereocenters. The number of hydrogen-bond acceptors (Lipinski definition) is 8. The van der Waals surface area contributed by atoms with E-state index >= 15 is 4.39 Å². The number of aryl methyl sites for hydroxylation is 1. The van der Waals surface area contributed by atoms with Crippen LogP contribution >= 0.6 is 0 Å². The van der Waals surface area contributed by atoms with E-state index in [9.17, 15) is 14.7 Å². The standard InChI is InChI=1S/C43H53FN8O3/c1-25(2)51-24-45-37-23-35(47-40(39(37)51)48-36-22-32(26(3)18-34(36)44)41(54)46-29-9-10-29)28-8-11-33-38(19-28)52(31-20-30(21-31)50-14-6-5-7-15-50)42(55)43(33)12-16-49(17-13-43)27(4)53/h8,11,18-19,22-25,29-31,41,46,54H,5-7,9-10,12-17,20-21H2,1-4H3,(H,47,48)/t30-,31+,41?. The third-order valence-corrected chi connectivity index (χ3v) is 13.1. The molecule has 290 valence electrons. The average Bonchev–Trinajstić information content (AvgIpc) is 3.81. The van der Waals surface area contributed by atoms with Crippen molar-refractivity contribution in [1.82, 2.24) is 29.7 Å². The number of halogens is 1. The number of piperidine rings is 2. The summed E-state index contributed by atoms with van der Waals surface area (Å²) in [6.07, 6.45) is 9.84. The Morgan fingerprint density at radius 3 is 2.44 bits per heavy atom. The quantitative estimate of drug-likeness (QED) is 0.159. The molecule has 3 N–H and O–H groups in total. The lowest BCUT2D eigenvalue weighted by atomic mass is 9.73. The van der Waals surface area contributed by atoms with E-state index in [1.807, 2.05) is 21.6 Å². The Morgan fingerprint density at radius 1 is 1.00 bits per heavy atom. The van der Waals surface area contributed by atoms with Crippen LogP contribution in [0.5, 0.6) is 0 Å². The van der Waals surface area contributed by atoms with Crippen LogP contribution in [-0.4, -0.2) is 85.6 Å². The summed E-state index contributed by atoms with van der Waals surface area (Å²) in [5.41, 5.74) is 5.81. The summed E-state index contributed by atoms with van der Waals surface area (Å²) < 4.78 is 17.7. The van der Waals surface area contributed by atoms with Crippen molar-refractivity contribution < 1.29 is 19.1 Å². The molecule has 9 rings (SSSR count). The van der Waals surface area contributed by atoms with Gasteiger partial charge in [-0.2, -0.15) is 0 Å². The van der Waals surface area contributed by atoms with Crippen molar-refractivity contribution in [1.29, 1.82) is 0 Å². The van der Waals surface area contributed by atoms with Gasteiger partial charge in [0.2, 0.25) is 11.8 Å². The van der Waals surface area contributed by atoms with E-state index in [-0.39, 0.29) is 35.6 Å². The number of likely N-dealkylation sites (tertiary alicyclic amines) is 2. The molecule has 11 nitrogen and oxygen atoms in total. The number of aliphatic hydroxyl groups excluding tert-OH is 1. The Balaban J connectivity index is 1.10. The second-order valence-electron chi connectivity index (χ2n) is 17.0. The SMILES string of the molecule is CC(=O)N1CCC2(CC1)C(=O)N([C@H]1C[C@@H](N3CCCCC3)C1)c1cc(-c3cc4ncn(C(C)C)c4c(Nc4cc(C(O)NC5CC5)c(C)cc4F)n3)ccc12. The smallest absolute Gasteiger partial charge is 0.238 e. The number of nitrogens with one attached hydrogen (secondary N) is 2. The zero-order valence-corrected chi connectivity index (χ0v) is 32.4. The second kappa shape index (κ2) is 14.0. The molecule has 4 aromatic rings. The van der Waals surface area contributed by atoms with Crippen molar-refractivity contribution in [2.45, 2.75) is 121 Å². The van der Waals surface area contributed by atoms with Crippen LogP contribution in [0.25, 0.3) is 22.3 Å². The minimum absolute atomic E-state index is 0.0507. The summed E-state index contributed by atoms with van der Waals surface area (Å²) in [6, 6.07) is 12.3. The minimum Gasteiger partial charge on any atom is -0.374 e. The zero-order valence-electron chi connectivity index (χ0n) is 32.4. The van der Waals surface area contributed by atoms with Crippen LogP contribution in [0.15, 0.2) is 42.7 Å². The Kier molecular flexibility index (Phi) is 9.21. The fourth-order valence-corrected chi connectivity index (χ4v) is 9.61. The van der Waals surface area contributed by atoms with Gasteiger partial charge in [0, 0.05) is 61.0 Å². The molecule has 2 saturated carbocycles. The van der Waals surface area contributed by atoms with E-state index in [0.717, 1.165) is 61.1 Å². The first-order valence-electron chi connectivity index (χ1n) is 20.4. The van der Waals surface area contributed by atoms with Crippen LogP contribution in [0.2, 0.25) is 0 Å². The van der Waals surface area contributed by atoms with Gasteiger partial charge in [0.05, 0.1) is 28.6 Å². The monoisotopic (exact) mass is 748 g/mol. The van der Waals surface area contributed by atoms with Gasteiger partial charge in [-0.3, -0.25) is 14.9 Å². The molecule has 4 fully saturated rings. The van der Waals surface area contributed by atoms with Crippen molar-refractivity contribution in [3.05, 3.63) is 65.2 Å². The highest BCUT2D eigenvalue weighted by Crippen LogP contribution is 2.52. The van der Waals surface area contributed by atoms with Crippen LogP contribution < -0.4 is 15.5 Å². The molecular weight excluding hydrogens is 696 g/mol. The van der Waals surface area contributed by atoms with E-state index in [2.05, 4.69) is 46.4 Å². The number of fused-ring (bicyclic) bond motifs is 3. The van der Waals surface area contributed by atoms with Crippen LogP contribution in [0.3, 0.4) is 0 Å². The highest BCUT2D eigenvalue weighted by molar-refractivity contribution is 6.09. The molecule has 1 spiro atoms. The summed E-state index contributed by atoms with van der Waals surface area (Å²) in [6.45, 7) is 11.0. The van der Waals surface area contributed by atoms with E-state index in [4.69, 9.17) is 9.97 Å². The summed E-state index contributed by atoms with van der Waals surface area (Å²) in [4.78, 5) is 43.6. The number of aromatic nitrogens is 3. The fourth-order valence-electron chi connectivity index (χ4n) is 9.61. The Hall–Kier alpha value is -4.39. The second-order valence-corrected chi connectivity index (χ2v) is 17.0. The van der Waals surface area contributed by atoms with E-state index in [0.29, 0.717) is 60.1 Å². The number of pyridine rings is 1. The van der Waals surface area contributed by atoms with E-state index in [1.54, 1.807) is 26.2 Å². The molecule has 5 aliphatic rings. The molecule has 55 heavy (non-hydrogen) atoms. The molecule has 0 radical (unpaired) electrons. The Labute approximate surface area is 322 Å². The number of amides is 2. The normalized spacial score (nSPS) is 23.1. The molecular formula is C43H53FN8O3. The predicted molar refractivity (Wildman–Crippen MR) is 212 cm³/mol. The first kappa shape index (κ1) is 36.3. The van der Waals surface area contributed by atoms with Gasteiger partial charge >= 0.3 is 0 Å². The molecule has 2 aromatic heterocycles. The highest BCUT2D eigenvalue weighted by atomic mass is 19.1. The largest absolute Gasteiger partial charge is 0.374 e. The first-order valence-corrected chi connectivity index (χ1v) is 20.4. The van der Waals surface area contributed by atoms with Crippen molar-refractivity contribution >= 4 is 40.0 Å². The fraction of sp³-hybridized carbons (Fsp3) is 0.535. The lowest BCUT2D eigenvalue weighted by Crippen LogP contribution is -2.58. The molecule has 12 heteroatoms. The van der Waals surface area contributed by atoms with Gasteiger partial charge in [-0.1, -0.05) is 18.6 Å². The van der Waals surface area contributed by atoms with Crippen LogP contribution in [0.1, 0.15) is 108 Å². The number of anilines is 3. The van der Waals surface area contributed by atoms with Crippen LogP contribution in [-0.2, 0) is 15.0 Å². The van der Waals surface area contributed by atoms with Crippen molar-refractivity contribution in [2.75, 3.05) is 36.4 Å². The maximum absolute atomic E-state index is 15.7. The van der Waals surface area contributed by atoms with Gasteiger partial charge in [-0.05, 0) is 121 Å². The van der Waals surface area contributed by atoms with E-state index in [1.165, 1.54) is 25.3 Å². The number of rotatable bonds is 9. The van der Waals surface area contributed by atoms with Gasteiger partial charge in [0.25, 0.3) is 0 Å². The van der Waals surface area contributed by atoms with Gasteiger partial charge < -0.3 is 29.7 Å². The minimum atomic E-state index is -0.907. The molecule has 2 amide bonds. The Bertz CT molecular complexity index is 2140. The lowest BCUT2D eigenvalue weighted by Gasteiger charge is -2.48. The maximum atomic E-state index is 15.7. The van der Waals surface area contributed by atoms with E-state index < -0.39 is 17.5 Å². The molecule has 2 aromatic carbocycles. The summed E-state index contributed by atoms with van der Waals surface area (Å²) in [5.74, 6) is 0.235. The third kappa shape index (κ3) is 6.39. The summed E-state index contributed by atoms with van der Waals surface area (Å²) in [7, 11) is 0. The van der Waals surface area contributed by atoms with Gasteiger partial charge in [-0.15, -0.1) is 0 Å². The number of carbonyl (C=O) groups is 2. The highest BCUT2D eigenvalue weighted by Gasteiger charge is 2.55. The van der Waals surface area contributed by atoms with Crippen LogP contribution in [0, 0.1) is 12.7 Å². The summed E-state index contributed by atoms with van der Waals surface area (Å²) >= 11 is 0. The predicted octanol–water partition coefficient (Wildman–Crippen LogP) is 6.86. The number of benzene rings is 2. The van der Waals surface area contributed by atoms with Crippen molar-refractivity contribution in [3.63, 3.8) is 0 Å². The van der Waals surface area contributed by atoms with Gasteiger partial charge in [0.1, 0.15) is 17.6 Å². The first-order chi connectivity index (χ1) is 26.5. The number of carbonyl (C=O) groups excluding carboxylic acids is 2. The number of imidazole rings is 1.